The van der Waals surface area contributed by atoms with Crippen LogP contribution in [0.4, 0.5) is 5.00 Å². The third kappa shape index (κ3) is 2.56. The molecule has 100 valence electrons. The molecule has 0 saturated heterocycles. The van der Waals surface area contributed by atoms with Gasteiger partial charge in [-0.05, 0) is 13.0 Å². The fourth-order valence-electron chi connectivity index (χ4n) is 1.85. The molecule has 0 spiro atoms. The van der Waals surface area contributed by atoms with E-state index in [0.29, 0.717) is 17.2 Å². The highest BCUT2D eigenvalue weighted by Crippen LogP contribution is 2.38. The summed E-state index contributed by atoms with van der Waals surface area (Å²) in [6.07, 6.45) is 0. The fraction of sp³-hybridized carbons (Fsp3) is 0.214. The Hall–Kier alpha value is -2.01. The van der Waals surface area contributed by atoms with Crippen LogP contribution in [0.2, 0.25) is 0 Å². The van der Waals surface area contributed by atoms with Gasteiger partial charge in [0.15, 0.2) is 0 Å². The molecule has 0 aliphatic rings. The van der Waals surface area contributed by atoms with Gasteiger partial charge >= 0.3 is 5.97 Å². The second-order valence-electron chi connectivity index (χ2n) is 3.81. The Bertz CT molecular complexity index is 592. The van der Waals surface area contributed by atoms with Crippen LogP contribution in [-0.4, -0.2) is 19.7 Å². The first-order valence-electron chi connectivity index (χ1n) is 5.86. The Morgan fingerprint density at radius 1 is 1.32 bits per heavy atom. The van der Waals surface area contributed by atoms with Crippen molar-refractivity contribution in [2.45, 2.75) is 6.92 Å². The SMILES string of the molecule is CCOc1ccccc1-c1csc(N)c1C(=O)OC. The zero-order valence-corrected chi connectivity index (χ0v) is 11.6. The Kier molecular flexibility index (Phi) is 4.06. The van der Waals surface area contributed by atoms with Gasteiger partial charge in [-0.3, -0.25) is 0 Å². The van der Waals surface area contributed by atoms with Gasteiger partial charge in [-0.1, -0.05) is 18.2 Å². The summed E-state index contributed by atoms with van der Waals surface area (Å²) in [4.78, 5) is 11.8. The molecule has 1 heterocycles. The molecule has 0 amide bonds. The van der Waals surface area contributed by atoms with Gasteiger partial charge in [0.2, 0.25) is 0 Å². The average Bonchev–Trinajstić information content (AvgIpc) is 2.81. The summed E-state index contributed by atoms with van der Waals surface area (Å²) in [6, 6.07) is 7.56. The number of nitrogens with two attached hydrogens (primary N) is 1. The maximum absolute atomic E-state index is 11.8. The van der Waals surface area contributed by atoms with E-state index < -0.39 is 5.97 Å². The minimum Gasteiger partial charge on any atom is -0.493 e. The van der Waals surface area contributed by atoms with Crippen LogP contribution in [0, 0.1) is 0 Å². The zero-order chi connectivity index (χ0) is 13.8. The minimum absolute atomic E-state index is 0.402. The topological polar surface area (TPSA) is 61.5 Å². The number of anilines is 1. The van der Waals surface area contributed by atoms with Crippen molar-refractivity contribution >= 4 is 22.3 Å². The highest BCUT2D eigenvalue weighted by molar-refractivity contribution is 7.15. The summed E-state index contributed by atoms with van der Waals surface area (Å²) in [5, 5.41) is 2.30. The lowest BCUT2D eigenvalue weighted by Gasteiger charge is -2.10. The lowest BCUT2D eigenvalue weighted by atomic mass is 10.0. The third-order valence-electron chi connectivity index (χ3n) is 2.69. The summed E-state index contributed by atoms with van der Waals surface area (Å²) in [7, 11) is 1.34. The van der Waals surface area contributed by atoms with Crippen molar-refractivity contribution in [3.8, 4) is 16.9 Å². The molecular weight excluding hydrogens is 262 g/mol. The van der Waals surface area contributed by atoms with E-state index in [1.807, 2.05) is 36.6 Å². The lowest BCUT2D eigenvalue weighted by Crippen LogP contribution is -2.05. The van der Waals surface area contributed by atoms with E-state index in [1.54, 1.807) is 0 Å². The molecule has 2 rings (SSSR count). The van der Waals surface area contributed by atoms with Gasteiger partial charge in [0, 0.05) is 16.5 Å². The first-order chi connectivity index (χ1) is 9.19. The van der Waals surface area contributed by atoms with Gasteiger partial charge < -0.3 is 15.2 Å². The van der Waals surface area contributed by atoms with Crippen LogP contribution >= 0.6 is 11.3 Å². The predicted molar refractivity (Wildman–Crippen MR) is 76.7 cm³/mol. The number of carbonyl (C=O) groups excluding carboxylic acids is 1. The predicted octanol–water partition coefficient (Wildman–Crippen LogP) is 3.18. The minimum atomic E-state index is -0.431. The standard InChI is InChI=1S/C14H15NO3S/c1-3-18-11-7-5-4-6-9(11)10-8-19-13(15)12(10)14(16)17-2/h4-8H,3,15H2,1-2H3. The maximum Gasteiger partial charge on any atom is 0.341 e. The Morgan fingerprint density at radius 3 is 2.74 bits per heavy atom. The second kappa shape index (κ2) is 5.75. The number of para-hydroxylation sites is 1. The number of carbonyl (C=O) groups is 1. The number of ether oxygens (including phenoxy) is 2. The molecule has 1 aromatic heterocycles. The van der Waals surface area contributed by atoms with Crippen LogP contribution in [0.3, 0.4) is 0 Å². The number of nitrogen functional groups attached to an aromatic ring is 1. The molecule has 0 atom stereocenters. The number of methoxy groups -OCH3 is 1. The van der Waals surface area contributed by atoms with Crippen LogP contribution in [0.5, 0.6) is 5.75 Å². The van der Waals surface area contributed by atoms with Crippen molar-refractivity contribution in [3.05, 3.63) is 35.2 Å². The Morgan fingerprint density at radius 2 is 2.05 bits per heavy atom. The van der Waals surface area contributed by atoms with E-state index in [2.05, 4.69) is 0 Å². The van der Waals surface area contributed by atoms with E-state index in [-0.39, 0.29) is 0 Å². The number of rotatable bonds is 4. The second-order valence-corrected chi connectivity index (χ2v) is 4.72. The van der Waals surface area contributed by atoms with Gasteiger partial charge in [-0.25, -0.2) is 4.79 Å². The number of hydrogen-bond acceptors (Lipinski definition) is 5. The van der Waals surface area contributed by atoms with Crippen LogP contribution in [0.15, 0.2) is 29.6 Å². The van der Waals surface area contributed by atoms with Crippen LogP contribution in [-0.2, 0) is 4.74 Å². The molecule has 0 bridgehead atoms. The highest BCUT2D eigenvalue weighted by atomic mass is 32.1. The first-order valence-corrected chi connectivity index (χ1v) is 6.74. The van der Waals surface area contributed by atoms with Gasteiger partial charge in [-0.15, -0.1) is 11.3 Å². The van der Waals surface area contributed by atoms with Crippen LogP contribution in [0.25, 0.3) is 11.1 Å². The van der Waals surface area contributed by atoms with Crippen molar-refractivity contribution in [1.82, 2.24) is 0 Å². The molecule has 0 saturated carbocycles. The van der Waals surface area contributed by atoms with E-state index in [9.17, 15) is 4.79 Å². The summed E-state index contributed by atoms with van der Waals surface area (Å²) in [5.41, 5.74) is 7.85. The maximum atomic E-state index is 11.8. The van der Waals surface area contributed by atoms with E-state index in [1.165, 1.54) is 18.4 Å². The van der Waals surface area contributed by atoms with Gasteiger partial charge in [0.1, 0.15) is 16.3 Å². The highest BCUT2D eigenvalue weighted by Gasteiger charge is 2.21. The number of hydrogen-bond donors (Lipinski definition) is 1. The van der Waals surface area contributed by atoms with Crippen LogP contribution in [0.1, 0.15) is 17.3 Å². The van der Waals surface area contributed by atoms with E-state index >= 15 is 0 Å². The van der Waals surface area contributed by atoms with Gasteiger partial charge in [0.05, 0.1) is 13.7 Å². The number of thiophene rings is 1. The van der Waals surface area contributed by atoms with Crippen molar-refractivity contribution < 1.29 is 14.3 Å². The van der Waals surface area contributed by atoms with E-state index in [0.717, 1.165) is 16.9 Å². The smallest absolute Gasteiger partial charge is 0.341 e. The molecule has 2 aromatic rings. The number of esters is 1. The molecule has 4 nitrogen and oxygen atoms in total. The average molecular weight is 277 g/mol. The summed E-state index contributed by atoms with van der Waals surface area (Å²) >= 11 is 1.32. The third-order valence-corrected chi connectivity index (χ3v) is 3.50. The molecule has 0 radical (unpaired) electrons. The molecule has 19 heavy (non-hydrogen) atoms. The summed E-state index contributed by atoms with van der Waals surface area (Å²) in [5.74, 6) is 0.299. The van der Waals surface area contributed by atoms with E-state index in [4.69, 9.17) is 15.2 Å². The molecular formula is C14H15NO3S. The summed E-state index contributed by atoms with van der Waals surface area (Å²) < 4.78 is 10.4. The van der Waals surface area contributed by atoms with Crippen molar-refractivity contribution in [2.75, 3.05) is 19.5 Å². The van der Waals surface area contributed by atoms with Gasteiger partial charge in [0.25, 0.3) is 0 Å². The molecule has 1 aromatic carbocycles. The largest absolute Gasteiger partial charge is 0.493 e. The zero-order valence-electron chi connectivity index (χ0n) is 10.8. The molecule has 0 unspecified atom stereocenters. The molecule has 5 heteroatoms. The van der Waals surface area contributed by atoms with Crippen molar-refractivity contribution in [3.63, 3.8) is 0 Å². The van der Waals surface area contributed by atoms with Crippen LogP contribution < -0.4 is 10.5 Å². The molecule has 0 aliphatic carbocycles. The summed E-state index contributed by atoms with van der Waals surface area (Å²) in [6.45, 7) is 2.48. The monoisotopic (exact) mass is 277 g/mol. The normalized spacial score (nSPS) is 10.2. The van der Waals surface area contributed by atoms with Gasteiger partial charge in [-0.2, -0.15) is 0 Å². The van der Waals surface area contributed by atoms with Crippen molar-refractivity contribution in [2.24, 2.45) is 0 Å². The molecule has 0 fully saturated rings. The molecule has 0 aliphatic heterocycles. The quantitative estimate of drug-likeness (QED) is 0.872. The number of benzene rings is 1. The fourth-order valence-corrected chi connectivity index (χ4v) is 2.66. The Labute approximate surface area is 115 Å². The van der Waals surface area contributed by atoms with Crippen molar-refractivity contribution in [1.29, 1.82) is 0 Å². The first kappa shape index (κ1) is 13.4. The lowest BCUT2D eigenvalue weighted by molar-refractivity contribution is 0.0603. The Balaban J connectivity index is 2.56. The molecule has 2 N–H and O–H groups in total.